The minimum absolute atomic E-state index is 0.407. The number of H-pyrrole nitrogens is 2. The number of rotatable bonds is 8. The number of hydrogen-bond donors (Lipinski definition) is 7. The molecule has 522 valence electrons. The maximum atomic E-state index is 6.11. The summed E-state index contributed by atoms with van der Waals surface area (Å²) in [6.07, 6.45) is 11.7. The van der Waals surface area contributed by atoms with Gasteiger partial charge in [-0.15, -0.1) is 0 Å². The molecule has 106 heavy (non-hydrogen) atoms. The highest BCUT2D eigenvalue weighted by molar-refractivity contribution is 6.12. The molecule has 12 N–H and O–H groups in total. The van der Waals surface area contributed by atoms with Gasteiger partial charge in [-0.05, 0) is 91.3 Å². The van der Waals surface area contributed by atoms with E-state index < -0.39 is 0 Å². The third-order valence-electron chi connectivity index (χ3n) is 17.9. The van der Waals surface area contributed by atoms with Crippen LogP contribution in [0.25, 0.3) is 155 Å². The van der Waals surface area contributed by atoms with E-state index in [-0.39, 0.29) is 0 Å². The zero-order chi connectivity index (χ0) is 72.9. The van der Waals surface area contributed by atoms with Gasteiger partial charge in [0.1, 0.15) is 112 Å². The number of benzene rings is 6. The number of para-hydroxylation sites is 3. The third kappa shape index (κ3) is 12.0. The van der Waals surface area contributed by atoms with Gasteiger partial charge in [0.25, 0.3) is 0 Å². The second kappa shape index (κ2) is 27.1. The number of fused-ring (bicyclic) bond motifs is 10. The van der Waals surface area contributed by atoms with E-state index in [4.69, 9.17) is 42.2 Å². The number of nitrogens with two attached hydrogens (primary N) is 5. The Hall–Kier alpha value is -15.0. The molecule has 0 radical (unpaired) electrons. The Bertz CT molecular complexity index is 6640. The van der Waals surface area contributed by atoms with Gasteiger partial charge in [0.2, 0.25) is 0 Å². The van der Waals surface area contributed by atoms with Crippen LogP contribution in [0.4, 0.5) is 29.1 Å². The highest BCUT2D eigenvalue weighted by atomic mass is 16.5. The van der Waals surface area contributed by atoms with E-state index in [0.29, 0.717) is 57.5 Å². The molecule has 31 nitrogen and oxygen atoms in total. The molecule has 14 heterocycles. The molecule has 20 aromatic rings. The molecule has 0 aliphatic heterocycles. The van der Waals surface area contributed by atoms with Gasteiger partial charge >= 0.3 is 0 Å². The van der Waals surface area contributed by atoms with Crippen LogP contribution in [0.2, 0.25) is 0 Å². The number of nitrogen functional groups attached to an aromatic ring is 5. The van der Waals surface area contributed by atoms with Crippen LogP contribution in [0.5, 0.6) is 11.5 Å². The summed E-state index contributed by atoms with van der Waals surface area (Å²) >= 11 is 0. The number of furan rings is 2. The zero-order valence-electron chi connectivity index (χ0n) is 57.7. The lowest BCUT2D eigenvalue weighted by Gasteiger charge is -2.06. The fraction of sp³-hybridized carbons (Fsp3) is 0.0933. The molecule has 20 rings (SSSR count). The van der Waals surface area contributed by atoms with E-state index in [0.717, 1.165) is 151 Å². The first kappa shape index (κ1) is 65.6. The standard InChI is InChI=1S/C18H13N5O.C18H15N5O.C15H15N7.C14H12N6.C10H9N5O/c1-23-18-14(17(19)20-9-21-18)15(22-23)12-7-4-6-11-10-5-2-3-8-13(10)24-16(11)12;1-23-18-15(17(19)20-11-21-18)16(22-23)12-7-9-14(10-8-12)24-13-5-3-2-4-6-13;1-3-10-9-5-4-8(6-11(9)20-19-10)13-12-14(16)17-7-18-15(12)22(2)21-13;1-20-14-11(13(15)17-7-18-14)12(19-20)9-2-3-10-8(6-9)4-5-16-10;1-15-10-7(9(11)12-5-13-10)8(14-15)6-3-2-4-16-6/h2-9H,1H3,(H2,19,20,21);2-11H,1H3,(H2,19,20,21);4-7H,3H2,1-2H3,(H,19,20)(H2,16,17,18);2-7,16H,1H3,(H2,15,17,18);2-5H,1H3,(H2,11,12,13). The lowest BCUT2D eigenvalue weighted by Crippen LogP contribution is -1.95. The lowest BCUT2D eigenvalue weighted by molar-refractivity contribution is 0.483. The Morgan fingerprint density at radius 1 is 0.415 bits per heavy atom. The molecule has 0 fully saturated rings. The number of anilines is 5. The molecule has 0 saturated heterocycles. The number of hydrogen-bond acceptors (Lipinski definition) is 24. The summed E-state index contributed by atoms with van der Waals surface area (Å²) < 4.78 is 25.7. The zero-order valence-corrected chi connectivity index (χ0v) is 57.7. The van der Waals surface area contributed by atoms with E-state index in [1.165, 1.54) is 31.6 Å². The van der Waals surface area contributed by atoms with Crippen LogP contribution in [0, 0.1) is 0 Å². The van der Waals surface area contributed by atoms with Crippen molar-refractivity contribution in [1.29, 1.82) is 0 Å². The summed E-state index contributed by atoms with van der Waals surface area (Å²) in [7, 11) is 9.19. The molecule has 0 atom stereocenters. The van der Waals surface area contributed by atoms with Crippen molar-refractivity contribution in [3.8, 4) is 68.0 Å². The van der Waals surface area contributed by atoms with Crippen molar-refractivity contribution in [3.05, 3.63) is 201 Å². The number of aromatic nitrogens is 23. The molecular formula is C75H64N28O3. The first-order valence-corrected chi connectivity index (χ1v) is 33.1. The van der Waals surface area contributed by atoms with Crippen LogP contribution in [-0.4, -0.2) is 114 Å². The van der Waals surface area contributed by atoms with E-state index in [1.54, 1.807) is 42.8 Å². The minimum atomic E-state index is 0.407. The van der Waals surface area contributed by atoms with Crippen molar-refractivity contribution in [2.45, 2.75) is 13.3 Å². The normalized spacial score (nSPS) is 11.3. The van der Waals surface area contributed by atoms with Gasteiger partial charge in [0.15, 0.2) is 34.0 Å². The van der Waals surface area contributed by atoms with Crippen molar-refractivity contribution in [3.63, 3.8) is 0 Å². The van der Waals surface area contributed by atoms with Crippen LogP contribution >= 0.6 is 0 Å². The molecule has 6 aromatic carbocycles. The van der Waals surface area contributed by atoms with Crippen molar-refractivity contribution in [1.82, 2.24) is 114 Å². The van der Waals surface area contributed by atoms with Crippen molar-refractivity contribution in [2.75, 3.05) is 28.7 Å². The summed E-state index contributed by atoms with van der Waals surface area (Å²) in [5, 5.41) is 38.2. The van der Waals surface area contributed by atoms with Crippen LogP contribution < -0.4 is 33.4 Å². The Labute approximate surface area is 599 Å². The van der Waals surface area contributed by atoms with Gasteiger partial charge in [-0.1, -0.05) is 73.7 Å². The van der Waals surface area contributed by atoms with Gasteiger partial charge < -0.3 is 47.2 Å². The average molecular weight is 1410 g/mol. The molecule has 0 saturated carbocycles. The maximum absolute atomic E-state index is 6.11. The number of aryl methyl sites for hydroxylation is 6. The summed E-state index contributed by atoms with van der Waals surface area (Å²) in [5.74, 6) is 4.35. The largest absolute Gasteiger partial charge is 0.463 e. The van der Waals surface area contributed by atoms with Crippen LogP contribution in [-0.2, 0) is 41.7 Å². The maximum Gasteiger partial charge on any atom is 0.163 e. The smallest absolute Gasteiger partial charge is 0.163 e. The fourth-order valence-corrected chi connectivity index (χ4v) is 12.9. The first-order valence-electron chi connectivity index (χ1n) is 33.1. The molecule has 0 spiro atoms. The lowest BCUT2D eigenvalue weighted by atomic mass is 10.1. The molecule has 31 heteroatoms. The number of nitrogens with one attached hydrogen (secondary N) is 2. The fourth-order valence-electron chi connectivity index (χ4n) is 12.9. The molecule has 0 aliphatic carbocycles. The van der Waals surface area contributed by atoms with Crippen molar-refractivity contribution < 1.29 is 13.6 Å². The Morgan fingerprint density at radius 3 is 1.44 bits per heavy atom. The SMILES string of the molecule is CCc1[nH]nc2cc(-c3nn(C)c4ncnc(N)c34)ccc12.Cn1nc(-c2ccc(Oc3ccccc3)cc2)c2c(N)ncnc21.Cn1nc(-c2ccc3[nH]ccc3c2)c2c(N)ncnc21.Cn1nc(-c2cccc3c2oc2ccccc23)c2c(N)ncnc21.Cn1nc(-c2ccco2)c2c(N)ncnc21. The second-order valence-corrected chi connectivity index (χ2v) is 24.4. The second-order valence-electron chi connectivity index (χ2n) is 24.4. The number of nitrogens with zero attached hydrogens (tertiary/aromatic N) is 21. The van der Waals surface area contributed by atoms with Crippen LogP contribution in [0.15, 0.2) is 205 Å². The third-order valence-corrected chi connectivity index (χ3v) is 17.9. The van der Waals surface area contributed by atoms with Crippen LogP contribution in [0.3, 0.4) is 0 Å². The quantitative estimate of drug-likeness (QED) is 0.0743. The Morgan fingerprint density at radius 2 is 0.887 bits per heavy atom. The van der Waals surface area contributed by atoms with Gasteiger partial charge in [0, 0.05) is 96.4 Å². The van der Waals surface area contributed by atoms with E-state index >= 15 is 0 Å². The summed E-state index contributed by atoms with van der Waals surface area (Å²) in [6.45, 7) is 2.10. The van der Waals surface area contributed by atoms with E-state index in [1.807, 2.05) is 156 Å². The van der Waals surface area contributed by atoms with Crippen molar-refractivity contribution >= 4 is 128 Å². The number of ether oxygens (including phenoxy) is 1. The van der Waals surface area contributed by atoms with Gasteiger partial charge in [-0.2, -0.15) is 30.6 Å². The number of aromatic amines is 2. The van der Waals surface area contributed by atoms with Gasteiger partial charge in [-0.3, -0.25) is 5.10 Å². The highest BCUT2D eigenvalue weighted by Gasteiger charge is 2.23. The van der Waals surface area contributed by atoms with Gasteiger partial charge in [-0.25, -0.2) is 73.2 Å². The topological polar surface area (TPSA) is 428 Å². The predicted octanol–water partition coefficient (Wildman–Crippen LogP) is 12.3. The monoisotopic (exact) mass is 1400 g/mol. The molecule has 0 unspecified atom stereocenters. The van der Waals surface area contributed by atoms with Gasteiger partial charge in [0.05, 0.1) is 38.7 Å². The molecule has 0 amide bonds. The molecular weight excluding hydrogens is 1340 g/mol. The molecule has 0 aliphatic rings. The van der Waals surface area contributed by atoms with Crippen molar-refractivity contribution in [2.24, 2.45) is 35.2 Å². The Kier molecular flexibility index (Phi) is 16.8. The first-order chi connectivity index (χ1) is 51.7. The predicted molar refractivity (Wildman–Crippen MR) is 408 cm³/mol. The highest BCUT2D eigenvalue weighted by Crippen LogP contribution is 2.40. The summed E-state index contributed by atoms with van der Waals surface area (Å²) in [6, 6.07) is 49.3. The average Bonchev–Trinajstić information content (AvgIpc) is 1.60. The van der Waals surface area contributed by atoms with Crippen LogP contribution in [0.1, 0.15) is 12.6 Å². The minimum Gasteiger partial charge on any atom is -0.463 e. The summed E-state index contributed by atoms with van der Waals surface area (Å²) in [4.78, 5) is 44.6. The van der Waals surface area contributed by atoms with E-state index in [9.17, 15) is 0 Å². The Balaban J connectivity index is 0.000000102. The molecule has 14 aromatic heterocycles. The van der Waals surface area contributed by atoms with E-state index in [2.05, 4.69) is 122 Å². The molecule has 0 bridgehead atoms. The summed E-state index contributed by atoms with van der Waals surface area (Å²) in [5.41, 5.74) is 45.8.